The Morgan fingerprint density at radius 1 is 1.17 bits per heavy atom. The fourth-order valence-electron chi connectivity index (χ4n) is 6.31. The number of rotatable bonds is 6. The van der Waals surface area contributed by atoms with E-state index in [1.54, 1.807) is 7.11 Å². The normalized spacial score (nSPS) is 33.5. The molecule has 1 aromatic carbocycles. The minimum absolute atomic E-state index is 0.103. The average Bonchev–Trinajstić information content (AvgIpc) is 2.64. The van der Waals surface area contributed by atoms with E-state index >= 15 is 0 Å². The van der Waals surface area contributed by atoms with Gasteiger partial charge in [0, 0.05) is 5.41 Å². The summed E-state index contributed by atoms with van der Waals surface area (Å²) < 4.78 is 67.4. The molecule has 1 N–H and O–H groups in total. The molecule has 2 atom stereocenters. The van der Waals surface area contributed by atoms with Gasteiger partial charge in [0.05, 0.1) is 13.7 Å². The Bertz CT molecular complexity index is 897. The third kappa shape index (κ3) is 3.42. The molecule has 160 valence electrons. The summed E-state index contributed by atoms with van der Waals surface area (Å²) in [5.41, 5.74) is 0.620. The van der Waals surface area contributed by atoms with Crippen molar-refractivity contribution in [3.05, 3.63) is 29.8 Å². The van der Waals surface area contributed by atoms with E-state index in [2.05, 4.69) is 0 Å². The Kier molecular flexibility index (Phi) is 4.70. The van der Waals surface area contributed by atoms with Crippen molar-refractivity contribution in [1.29, 1.82) is 0 Å². The summed E-state index contributed by atoms with van der Waals surface area (Å²) in [5, 5.41) is -4.96. The first kappa shape index (κ1) is 20.5. The van der Waals surface area contributed by atoms with Crippen molar-refractivity contribution in [1.82, 2.24) is 0 Å². The van der Waals surface area contributed by atoms with Crippen LogP contribution in [0.3, 0.4) is 0 Å². The maximum atomic E-state index is 13.6. The quantitative estimate of drug-likeness (QED) is 0.548. The predicted molar refractivity (Wildman–Crippen MR) is 99.2 cm³/mol. The van der Waals surface area contributed by atoms with Crippen molar-refractivity contribution in [3.63, 3.8) is 0 Å². The van der Waals surface area contributed by atoms with Crippen molar-refractivity contribution < 1.29 is 36.0 Å². The van der Waals surface area contributed by atoms with Gasteiger partial charge in [-0.3, -0.25) is 4.55 Å². The highest BCUT2D eigenvalue weighted by molar-refractivity contribution is 7.87. The molecule has 9 heteroatoms. The monoisotopic (exact) mass is 430 g/mol. The number of benzene rings is 1. The van der Waals surface area contributed by atoms with Crippen LogP contribution in [-0.4, -0.2) is 37.9 Å². The van der Waals surface area contributed by atoms with Gasteiger partial charge in [-0.05, 0) is 73.5 Å². The van der Waals surface area contributed by atoms with Crippen molar-refractivity contribution in [2.75, 3.05) is 13.7 Å². The summed E-state index contributed by atoms with van der Waals surface area (Å²) in [6.45, 7) is -0.262. The van der Waals surface area contributed by atoms with Gasteiger partial charge in [0.2, 0.25) is 0 Å². The van der Waals surface area contributed by atoms with E-state index in [-0.39, 0.29) is 12.0 Å². The first-order valence-electron chi connectivity index (χ1n) is 9.65. The zero-order valence-electron chi connectivity index (χ0n) is 16.1. The first-order chi connectivity index (χ1) is 13.5. The van der Waals surface area contributed by atoms with E-state index in [9.17, 15) is 22.0 Å². The number of carbonyl (C=O) groups excluding carboxylic acids is 1. The Labute approximate surface area is 168 Å². The highest BCUT2D eigenvalue weighted by atomic mass is 32.2. The van der Waals surface area contributed by atoms with Crippen LogP contribution in [0.5, 0.6) is 5.75 Å². The van der Waals surface area contributed by atoms with Gasteiger partial charge in [0.1, 0.15) is 5.75 Å². The van der Waals surface area contributed by atoms with Crippen LogP contribution in [0, 0.1) is 17.3 Å². The van der Waals surface area contributed by atoms with E-state index in [4.69, 9.17) is 14.0 Å². The number of carbonyl (C=O) groups is 1. The lowest BCUT2D eigenvalue weighted by Crippen LogP contribution is -2.56. The molecule has 4 bridgehead atoms. The second kappa shape index (κ2) is 6.63. The highest BCUT2D eigenvalue weighted by Crippen LogP contribution is 2.65. The molecule has 4 aliphatic rings. The molecule has 2 unspecified atom stereocenters. The van der Waals surface area contributed by atoms with E-state index in [0.29, 0.717) is 18.3 Å². The summed E-state index contributed by atoms with van der Waals surface area (Å²) in [6.07, 6.45) is 5.33. The molecular formula is C20H24F2O6S. The standard InChI is InChI=1S/C20H24F2O6S/c1-27-16-4-2-15(3-5-16)19-9-13-6-14(10-19)8-18(7-13,11-19)12-28-17(23)20(21,22)29(24,25)26/h2-5,13-14H,6-12H2,1H3,(H,24,25,26). The van der Waals surface area contributed by atoms with Gasteiger partial charge < -0.3 is 9.47 Å². The van der Waals surface area contributed by atoms with Crippen LogP contribution in [0.4, 0.5) is 8.78 Å². The lowest BCUT2D eigenvalue weighted by molar-refractivity contribution is -0.173. The fraction of sp³-hybridized carbons (Fsp3) is 0.650. The lowest BCUT2D eigenvalue weighted by atomic mass is 9.43. The molecule has 4 aliphatic carbocycles. The molecule has 6 nitrogen and oxygen atoms in total. The van der Waals surface area contributed by atoms with Gasteiger partial charge in [0.15, 0.2) is 0 Å². The zero-order chi connectivity index (χ0) is 21.1. The molecular weight excluding hydrogens is 406 g/mol. The van der Waals surface area contributed by atoms with E-state index in [1.165, 1.54) is 5.56 Å². The average molecular weight is 430 g/mol. The third-order valence-corrected chi connectivity index (χ3v) is 7.77. The van der Waals surface area contributed by atoms with Gasteiger partial charge >= 0.3 is 21.3 Å². The molecule has 0 aromatic heterocycles. The zero-order valence-corrected chi connectivity index (χ0v) is 16.9. The minimum atomic E-state index is -5.86. The summed E-state index contributed by atoms with van der Waals surface area (Å²) >= 11 is 0. The molecule has 0 aliphatic heterocycles. The van der Waals surface area contributed by atoms with Gasteiger partial charge in [-0.2, -0.15) is 17.2 Å². The van der Waals surface area contributed by atoms with Crippen molar-refractivity contribution in [3.8, 4) is 5.75 Å². The van der Waals surface area contributed by atoms with Gasteiger partial charge in [0.25, 0.3) is 0 Å². The molecule has 0 radical (unpaired) electrons. The Morgan fingerprint density at radius 2 is 1.76 bits per heavy atom. The number of halogens is 2. The van der Waals surface area contributed by atoms with Gasteiger partial charge in [-0.25, -0.2) is 4.79 Å². The van der Waals surface area contributed by atoms with Crippen molar-refractivity contribution in [2.45, 2.75) is 49.2 Å². The summed E-state index contributed by atoms with van der Waals surface area (Å²) in [7, 11) is -4.26. The largest absolute Gasteiger partial charge is 0.497 e. The maximum absolute atomic E-state index is 13.6. The van der Waals surface area contributed by atoms with Crippen LogP contribution in [0.2, 0.25) is 0 Å². The second-order valence-corrected chi connectivity index (χ2v) is 10.5. The number of methoxy groups -OCH3 is 1. The number of hydrogen-bond donors (Lipinski definition) is 1. The van der Waals surface area contributed by atoms with Crippen LogP contribution >= 0.6 is 0 Å². The van der Waals surface area contributed by atoms with E-state index < -0.39 is 26.8 Å². The second-order valence-electron chi connectivity index (χ2n) is 9.04. The molecule has 29 heavy (non-hydrogen) atoms. The molecule has 0 spiro atoms. The Hall–Kier alpha value is -1.74. The van der Waals surface area contributed by atoms with Crippen molar-refractivity contribution >= 4 is 16.1 Å². The Balaban J connectivity index is 1.56. The lowest BCUT2D eigenvalue weighted by Gasteiger charge is -2.62. The summed E-state index contributed by atoms with van der Waals surface area (Å²) in [5.74, 6) is -0.623. The summed E-state index contributed by atoms with van der Waals surface area (Å²) in [4.78, 5) is 11.7. The topological polar surface area (TPSA) is 89.9 Å². The number of ether oxygens (including phenoxy) is 2. The first-order valence-corrected chi connectivity index (χ1v) is 11.1. The van der Waals surface area contributed by atoms with E-state index in [1.807, 2.05) is 24.3 Å². The van der Waals surface area contributed by atoms with Crippen LogP contribution in [0.1, 0.15) is 44.1 Å². The van der Waals surface area contributed by atoms with Gasteiger partial charge in [-0.15, -0.1) is 0 Å². The molecule has 4 fully saturated rings. The van der Waals surface area contributed by atoms with Gasteiger partial charge in [-0.1, -0.05) is 12.1 Å². The number of hydrogen-bond acceptors (Lipinski definition) is 5. The molecule has 0 heterocycles. The van der Waals surface area contributed by atoms with Crippen LogP contribution < -0.4 is 4.74 Å². The number of esters is 1. The SMILES string of the molecule is COc1ccc(C23CC4CC(CC(COC(=O)C(F)(F)S(=O)(=O)O)(C4)C2)C3)cc1. The molecule has 4 saturated carbocycles. The van der Waals surface area contributed by atoms with Crippen LogP contribution in [0.15, 0.2) is 24.3 Å². The molecule has 0 amide bonds. The smallest absolute Gasteiger partial charge is 0.465 e. The molecule has 0 saturated heterocycles. The predicted octanol–water partition coefficient (Wildman–Crippen LogP) is 3.56. The third-order valence-electron chi connectivity index (χ3n) is 6.96. The Morgan fingerprint density at radius 3 is 2.28 bits per heavy atom. The fourth-order valence-corrected chi connectivity index (χ4v) is 6.58. The maximum Gasteiger partial charge on any atom is 0.465 e. The minimum Gasteiger partial charge on any atom is -0.497 e. The number of alkyl halides is 2. The molecule has 1 aromatic rings. The molecule has 5 rings (SSSR count). The van der Waals surface area contributed by atoms with E-state index in [0.717, 1.165) is 37.9 Å². The van der Waals surface area contributed by atoms with Crippen LogP contribution in [0.25, 0.3) is 0 Å². The summed E-state index contributed by atoms with van der Waals surface area (Å²) in [6, 6.07) is 7.90. The van der Waals surface area contributed by atoms with Crippen molar-refractivity contribution in [2.24, 2.45) is 17.3 Å². The highest BCUT2D eigenvalue weighted by Gasteiger charge is 2.60. The van der Waals surface area contributed by atoms with Crippen LogP contribution in [-0.2, 0) is 25.1 Å².